The minimum absolute atomic E-state index is 0.233. The second-order valence-electron chi connectivity index (χ2n) is 4.86. The highest BCUT2D eigenvalue weighted by Gasteiger charge is 2.28. The molecule has 4 heteroatoms. The third kappa shape index (κ3) is 2.82. The minimum atomic E-state index is -0.620. The van der Waals surface area contributed by atoms with Gasteiger partial charge in [0.05, 0.1) is 0 Å². The third-order valence-electron chi connectivity index (χ3n) is 3.47. The first-order chi connectivity index (χ1) is 8.60. The summed E-state index contributed by atoms with van der Waals surface area (Å²) in [5.74, 6) is 0.779. The van der Waals surface area contributed by atoms with E-state index in [9.17, 15) is 9.90 Å². The molecule has 0 unspecified atom stereocenters. The van der Waals surface area contributed by atoms with Crippen molar-refractivity contribution < 1.29 is 14.6 Å². The number of aryl methyl sites for hydroxylation is 2. The summed E-state index contributed by atoms with van der Waals surface area (Å²) in [4.78, 5) is 12.2. The first-order valence-corrected chi connectivity index (χ1v) is 6.21. The highest BCUT2D eigenvalue weighted by Crippen LogP contribution is 2.21. The van der Waals surface area contributed by atoms with Crippen LogP contribution in [0, 0.1) is 13.8 Å². The molecule has 1 aliphatic rings. The van der Waals surface area contributed by atoms with Gasteiger partial charge in [-0.15, -0.1) is 0 Å². The number of aliphatic hydroxyl groups excluding tert-OH is 1. The van der Waals surface area contributed by atoms with E-state index in [2.05, 4.69) is 6.92 Å². The number of ether oxygens (including phenoxy) is 1. The highest BCUT2D eigenvalue weighted by atomic mass is 16.5. The Balaban J connectivity index is 2.01. The molecule has 1 aliphatic heterocycles. The normalized spacial score (nSPS) is 23.8. The maximum Gasteiger partial charge on any atom is 0.209 e. The van der Waals surface area contributed by atoms with Crippen LogP contribution in [0.25, 0.3) is 0 Å². The number of amides is 1. The molecule has 4 nitrogen and oxygen atoms in total. The van der Waals surface area contributed by atoms with Crippen molar-refractivity contribution in [3.63, 3.8) is 0 Å². The van der Waals surface area contributed by atoms with Gasteiger partial charge in [0.15, 0.2) is 0 Å². The summed E-state index contributed by atoms with van der Waals surface area (Å²) in [5.41, 5.74) is 2.39. The lowest BCUT2D eigenvalue weighted by Gasteiger charge is -2.33. The molecular formula is C14H19NO3. The van der Waals surface area contributed by atoms with Crippen molar-refractivity contribution in [2.45, 2.75) is 32.5 Å². The third-order valence-corrected chi connectivity index (χ3v) is 3.47. The molecule has 1 heterocycles. The number of hydrogen-bond donors (Lipinski definition) is 1. The Morgan fingerprint density at radius 3 is 2.78 bits per heavy atom. The second-order valence-corrected chi connectivity index (χ2v) is 4.86. The van der Waals surface area contributed by atoms with E-state index >= 15 is 0 Å². The minimum Gasteiger partial charge on any atom is -0.488 e. The van der Waals surface area contributed by atoms with Crippen LogP contribution in [0.3, 0.4) is 0 Å². The summed E-state index contributed by atoms with van der Waals surface area (Å²) in [6.07, 6.45) is 0.580. The lowest BCUT2D eigenvalue weighted by Crippen LogP contribution is -2.48. The number of carbonyl (C=O) groups is 1. The van der Waals surface area contributed by atoms with Gasteiger partial charge in [-0.3, -0.25) is 4.79 Å². The number of likely N-dealkylation sites (tertiary alicyclic amines) is 1. The van der Waals surface area contributed by atoms with Crippen LogP contribution in [-0.2, 0) is 4.79 Å². The number of rotatable bonds is 3. The maximum absolute atomic E-state index is 10.6. The zero-order valence-electron chi connectivity index (χ0n) is 10.8. The van der Waals surface area contributed by atoms with Crippen LogP contribution in [0.15, 0.2) is 18.2 Å². The molecule has 1 aromatic carbocycles. The smallest absolute Gasteiger partial charge is 0.209 e. The SMILES string of the molecule is Cc1ccc(O[C@H]2CCN(C=O)C[C@H]2O)cc1C. The summed E-state index contributed by atoms with van der Waals surface area (Å²) in [5, 5.41) is 9.93. The molecule has 0 aromatic heterocycles. The second kappa shape index (κ2) is 5.40. The molecule has 2 rings (SSSR count). The Labute approximate surface area is 107 Å². The van der Waals surface area contributed by atoms with Crippen LogP contribution in [0.1, 0.15) is 17.5 Å². The summed E-state index contributed by atoms with van der Waals surface area (Å²) in [6, 6.07) is 5.91. The van der Waals surface area contributed by atoms with E-state index in [-0.39, 0.29) is 6.10 Å². The molecule has 2 atom stereocenters. The largest absolute Gasteiger partial charge is 0.488 e. The zero-order valence-corrected chi connectivity index (χ0v) is 10.8. The van der Waals surface area contributed by atoms with Gasteiger partial charge in [0.25, 0.3) is 0 Å². The van der Waals surface area contributed by atoms with Gasteiger partial charge in [-0.05, 0) is 37.1 Å². The van der Waals surface area contributed by atoms with Crippen molar-refractivity contribution in [3.05, 3.63) is 29.3 Å². The Bertz CT molecular complexity index is 433. The van der Waals surface area contributed by atoms with Crippen LogP contribution < -0.4 is 4.74 Å². The maximum atomic E-state index is 10.6. The van der Waals surface area contributed by atoms with E-state index in [0.717, 1.165) is 12.2 Å². The van der Waals surface area contributed by atoms with Crippen LogP contribution >= 0.6 is 0 Å². The monoisotopic (exact) mass is 249 g/mol. The Hall–Kier alpha value is -1.55. The van der Waals surface area contributed by atoms with Crippen molar-refractivity contribution in [1.29, 1.82) is 0 Å². The van der Waals surface area contributed by atoms with E-state index in [0.29, 0.717) is 19.5 Å². The van der Waals surface area contributed by atoms with E-state index in [1.54, 1.807) is 4.90 Å². The summed E-state index contributed by atoms with van der Waals surface area (Å²) >= 11 is 0. The van der Waals surface area contributed by atoms with E-state index in [1.807, 2.05) is 25.1 Å². The van der Waals surface area contributed by atoms with Crippen molar-refractivity contribution >= 4 is 6.41 Å². The zero-order chi connectivity index (χ0) is 13.1. The Morgan fingerprint density at radius 2 is 2.17 bits per heavy atom. The molecule has 0 bridgehead atoms. The van der Waals surface area contributed by atoms with Gasteiger partial charge in [0.2, 0.25) is 6.41 Å². The van der Waals surface area contributed by atoms with Gasteiger partial charge < -0.3 is 14.7 Å². The number of aliphatic hydroxyl groups is 1. The first-order valence-electron chi connectivity index (χ1n) is 6.21. The fourth-order valence-corrected chi connectivity index (χ4v) is 2.13. The number of β-amino-alcohol motifs (C(OH)–C–C–N with tert-alkyl or cyclic N) is 1. The molecule has 1 amide bonds. The molecule has 0 aliphatic carbocycles. The predicted octanol–water partition coefficient (Wildman–Crippen LogP) is 1.27. The molecule has 0 radical (unpaired) electrons. The summed E-state index contributed by atoms with van der Waals surface area (Å²) in [7, 11) is 0. The van der Waals surface area contributed by atoms with Gasteiger partial charge in [0.1, 0.15) is 18.0 Å². The van der Waals surface area contributed by atoms with E-state index in [4.69, 9.17) is 4.74 Å². The molecule has 1 saturated heterocycles. The standard InChI is InChI=1S/C14H19NO3/c1-10-3-4-12(7-11(10)2)18-14-5-6-15(9-16)8-13(14)17/h3-4,7,9,13-14,17H,5-6,8H2,1-2H3/t13-,14+/m1/s1. The average Bonchev–Trinajstić information content (AvgIpc) is 2.36. The molecule has 1 N–H and O–H groups in total. The Morgan fingerprint density at radius 1 is 1.39 bits per heavy atom. The van der Waals surface area contributed by atoms with Crippen molar-refractivity contribution in [2.75, 3.05) is 13.1 Å². The fraction of sp³-hybridized carbons (Fsp3) is 0.500. The molecule has 1 fully saturated rings. The van der Waals surface area contributed by atoms with Gasteiger partial charge in [0, 0.05) is 19.5 Å². The Kier molecular flexibility index (Phi) is 3.87. The molecular weight excluding hydrogens is 230 g/mol. The average molecular weight is 249 g/mol. The number of benzene rings is 1. The topological polar surface area (TPSA) is 49.8 Å². The van der Waals surface area contributed by atoms with Gasteiger partial charge >= 0.3 is 0 Å². The number of carbonyl (C=O) groups excluding carboxylic acids is 1. The van der Waals surface area contributed by atoms with Crippen molar-refractivity contribution in [3.8, 4) is 5.75 Å². The van der Waals surface area contributed by atoms with Crippen molar-refractivity contribution in [1.82, 2.24) is 4.90 Å². The predicted molar refractivity (Wildman–Crippen MR) is 68.6 cm³/mol. The van der Waals surface area contributed by atoms with Gasteiger partial charge in [-0.1, -0.05) is 6.07 Å². The lowest BCUT2D eigenvalue weighted by atomic mass is 10.0. The molecule has 1 aromatic rings. The van der Waals surface area contributed by atoms with Crippen LogP contribution in [0.2, 0.25) is 0 Å². The number of nitrogens with zero attached hydrogens (tertiary/aromatic N) is 1. The van der Waals surface area contributed by atoms with E-state index < -0.39 is 6.10 Å². The lowest BCUT2D eigenvalue weighted by molar-refractivity contribution is -0.123. The van der Waals surface area contributed by atoms with Crippen LogP contribution in [-0.4, -0.2) is 41.7 Å². The number of hydrogen-bond acceptors (Lipinski definition) is 3. The van der Waals surface area contributed by atoms with E-state index in [1.165, 1.54) is 11.1 Å². The molecule has 0 saturated carbocycles. The van der Waals surface area contributed by atoms with Gasteiger partial charge in [-0.25, -0.2) is 0 Å². The number of piperidine rings is 1. The molecule has 98 valence electrons. The molecule has 18 heavy (non-hydrogen) atoms. The summed E-state index contributed by atoms with van der Waals surface area (Å²) < 4.78 is 5.80. The summed E-state index contributed by atoms with van der Waals surface area (Å²) in [6.45, 7) is 5.07. The highest BCUT2D eigenvalue weighted by molar-refractivity contribution is 5.47. The molecule has 0 spiro atoms. The first kappa shape index (κ1) is 12.9. The van der Waals surface area contributed by atoms with Crippen LogP contribution in [0.5, 0.6) is 5.75 Å². The van der Waals surface area contributed by atoms with Crippen LogP contribution in [0.4, 0.5) is 0 Å². The fourth-order valence-electron chi connectivity index (χ4n) is 2.13. The van der Waals surface area contributed by atoms with Crippen molar-refractivity contribution in [2.24, 2.45) is 0 Å². The quantitative estimate of drug-likeness (QED) is 0.821. The van der Waals surface area contributed by atoms with Gasteiger partial charge in [-0.2, -0.15) is 0 Å².